The second-order valence-electron chi connectivity index (χ2n) is 7.23. The number of fused-ring (bicyclic) bond motifs is 1. The van der Waals surface area contributed by atoms with Crippen molar-refractivity contribution in [2.24, 2.45) is 11.8 Å². The van der Waals surface area contributed by atoms with E-state index in [1.54, 1.807) is 12.4 Å². The molecule has 1 amide bonds. The minimum absolute atomic E-state index is 0.116. The summed E-state index contributed by atoms with van der Waals surface area (Å²) in [5, 5.41) is 3.48. The molecular formula is C21H25N3O2. The average molecular weight is 351 g/mol. The summed E-state index contributed by atoms with van der Waals surface area (Å²) in [6.07, 6.45) is 5.73. The molecule has 2 saturated heterocycles. The SMILES string of the molecule is O=C(c1cccc(OCc2cccnc2)c1)N1CC[C@@H]2CNC[C@@H]2CC1. The Morgan fingerprint density at radius 2 is 1.96 bits per heavy atom. The zero-order chi connectivity index (χ0) is 17.8. The molecular weight excluding hydrogens is 326 g/mol. The van der Waals surface area contributed by atoms with Crippen LogP contribution in [0.15, 0.2) is 48.8 Å². The Morgan fingerprint density at radius 1 is 1.15 bits per heavy atom. The molecule has 0 unspecified atom stereocenters. The van der Waals surface area contributed by atoms with Gasteiger partial charge in [0, 0.05) is 36.6 Å². The van der Waals surface area contributed by atoms with Gasteiger partial charge in [0.05, 0.1) is 0 Å². The number of ether oxygens (including phenoxy) is 1. The van der Waals surface area contributed by atoms with Crippen LogP contribution in [0.2, 0.25) is 0 Å². The third-order valence-corrected chi connectivity index (χ3v) is 5.52. The van der Waals surface area contributed by atoms with E-state index in [0.717, 1.165) is 62.2 Å². The lowest BCUT2D eigenvalue weighted by Crippen LogP contribution is -2.32. The van der Waals surface area contributed by atoms with Gasteiger partial charge in [-0.3, -0.25) is 9.78 Å². The number of hydrogen-bond acceptors (Lipinski definition) is 4. The van der Waals surface area contributed by atoms with Gasteiger partial charge in [-0.05, 0) is 62.0 Å². The van der Waals surface area contributed by atoms with Crippen LogP contribution in [0.25, 0.3) is 0 Å². The van der Waals surface area contributed by atoms with E-state index in [9.17, 15) is 4.79 Å². The van der Waals surface area contributed by atoms with Gasteiger partial charge in [-0.1, -0.05) is 12.1 Å². The fourth-order valence-corrected chi connectivity index (χ4v) is 3.97. The second kappa shape index (κ2) is 7.87. The van der Waals surface area contributed by atoms with Crippen molar-refractivity contribution in [1.29, 1.82) is 0 Å². The van der Waals surface area contributed by atoms with Crippen LogP contribution in [0.5, 0.6) is 5.75 Å². The standard InChI is InChI=1S/C21H25N3O2/c25-21(24-9-6-18-13-23-14-19(18)7-10-24)17-4-1-5-20(11-17)26-15-16-3-2-8-22-12-16/h1-5,8,11-12,18-19,23H,6-7,9-10,13-15H2/t18-,19+. The molecule has 0 saturated carbocycles. The van der Waals surface area contributed by atoms with Crippen molar-refractivity contribution in [1.82, 2.24) is 15.2 Å². The van der Waals surface area contributed by atoms with E-state index >= 15 is 0 Å². The number of nitrogens with one attached hydrogen (secondary N) is 1. The van der Waals surface area contributed by atoms with Crippen LogP contribution in [-0.2, 0) is 6.61 Å². The molecule has 1 N–H and O–H groups in total. The van der Waals surface area contributed by atoms with Crippen LogP contribution < -0.4 is 10.1 Å². The van der Waals surface area contributed by atoms with Crippen molar-refractivity contribution in [2.75, 3.05) is 26.2 Å². The molecule has 136 valence electrons. The number of likely N-dealkylation sites (tertiary alicyclic amines) is 1. The van der Waals surface area contributed by atoms with Crippen LogP contribution in [-0.4, -0.2) is 42.0 Å². The molecule has 1 aromatic heterocycles. The minimum Gasteiger partial charge on any atom is -0.489 e. The number of nitrogens with zero attached hydrogens (tertiary/aromatic N) is 2. The minimum atomic E-state index is 0.116. The number of aromatic nitrogens is 1. The van der Waals surface area contributed by atoms with Crippen molar-refractivity contribution in [3.63, 3.8) is 0 Å². The second-order valence-corrected chi connectivity index (χ2v) is 7.23. The van der Waals surface area contributed by atoms with Gasteiger partial charge in [0.15, 0.2) is 0 Å². The van der Waals surface area contributed by atoms with Gasteiger partial charge in [-0.25, -0.2) is 0 Å². The van der Waals surface area contributed by atoms with Gasteiger partial charge in [0.25, 0.3) is 5.91 Å². The summed E-state index contributed by atoms with van der Waals surface area (Å²) in [4.78, 5) is 19.0. The van der Waals surface area contributed by atoms with Gasteiger partial charge in [-0.2, -0.15) is 0 Å². The van der Waals surface area contributed by atoms with Crippen molar-refractivity contribution < 1.29 is 9.53 Å². The summed E-state index contributed by atoms with van der Waals surface area (Å²) in [5.41, 5.74) is 1.72. The molecule has 2 aliphatic heterocycles. The van der Waals surface area contributed by atoms with Crippen LogP contribution in [0.4, 0.5) is 0 Å². The van der Waals surface area contributed by atoms with Gasteiger partial charge in [0.2, 0.25) is 0 Å². The Bertz CT molecular complexity index is 736. The van der Waals surface area contributed by atoms with Crippen molar-refractivity contribution in [3.8, 4) is 5.75 Å². The van der Waals surface area contributed by atoms with Crippen LogP contribution in [0.3, 0.4) is 0 Å². The van der Waals surface area contributed by atoms with E-state index in [0.29, 0.717) is 12.2 Å². The van der Waals surface area contributed by atoms with Crippen molar-refractivity contribution >= 4 is 5.91 Å². The maximum Gasteiger partial charge on any atom is 0.253 e. The number of carbonyl (C=O) groups excluding carboxylic acids is 1. The van der Waals surface area contributed by atoms with E-state index in [1.807, 2.05) is 41.3 Å². The molecule has 2 fully saturated rings. The molecule has 26 heavy (non-hydrogen) atoms. The highest BCUT2D eigenvalue weighted by Crippen LogP contribution is 2.28. The Balaban J connectivity index is 1.40. The predicted molar refractivity (Wildman–Crippen MR) is 100.0 cm³/mol. The normalized spacial score (nSPS) is 22.5. The summed E-state index contributed by atoms with van der Waals surface area (Å²) >= 11 is 0. The number of pyridine rings is 1. The first kappa shape index (κ1) is 17.0. The number of amides is 1. The summed E-state index contributed by atoms with van der Waals surface area (Å²) in [5.74, 6) is 2.28. The number of carbonyl (C=O) groups is 1. The van der Waals surface area contributed by atoms with Gasteiger partial charge in [0.1, 0.15) is 12.4 Å². The molecule has 5 nitrogen and oxygen atoms in total. The van der Waals surface area contributed by atoms with Gasteiger partial charge >= 0.3 is 0 Å². The molecule has 0 aliphatic carbocycles. The monoisotopic (exact) mass is 351 g/mol. The fourth-order valence-electron chi connectivity index (χ4n) is 3.97. The van der Waals surface area contributed by atoms with Crippen LogP contribution >= 0.6 is 0 Å². The van der Waals surface area contributed by atoms with Gasteiger partial charge in [-0.15, -0.1) is 0 Å². The van der Waals surface area contributed by atoms with Crippen molar-refractivity contribution in [2.45, 2.75) is 19.4 Å². The highest BCUT2D eigenvalue weighted by atomic mass is 16.5. The molecule has 2 aliphatic rings. The predicted octanol–water partition coefficient (Wildman–Crippen LogP) is 2.73. The van der Waals surface area contributed by atoms with Gasteiger partial charge < -0.3 is 15.0 Å². The number of rotatable bonds is 4. The maximum absolute atomic E-state index is 12.9. The number of hydrogen-bond donors (Lipinski definition) is 1. The molecule has 5 heteroatoms. The largest absolute Gasteiger partial charge is 0.489 e. The Labute approximate surface area is 154 Å². The van der Waals surface area contributed by atoms with E-state index in [4.69, 9.17) is 4.74 Å². The smallest absolute Gasteiger partial charge is 0.253 e. The van der Waals surface area contributed by atoms with Crippen molar-refractivity contribution in [3.05, 3.63) is 59.9 Å². The molecule has 3 heterocycles. The molecule has 0 radical (unpaired) electrons. The molecule has 4 rings (SSSR count). The highest BCUT2D eigenvalue weighted by molar-refractivity contribution is 5.94. The third kappa shape index (κ3) is 3.88. The maximum atomic E-state index is 12.9. The summed E-state index contributed by atoms with van der Waals surface area (Å²) in [6, 6.07) is 11.4. The topological polar surface area (TPSA) is 54.5 Å². The highest BCUT2D eigenvalue weighted by Gasteiger charge is 2.31. The lowest BCUT2D eigenvalue weighted by atomic mass is 9.92. The molecule has 0 spiro atoms. The van der Waals surface area contributed by atoms with E-state index in [-0.39, 0.29) is 5.91 Å². The lowest BCUT2D eigenvalue weighted by Gasteiger charge is -2.21. The molecule has 2 aromatic rings. The quantitative estimate of drug-likeness (QED) is 0.920. The van der Waals surface area contributed by atoms with Crippen LogP contribution in [0, 0.1) is 11.8 Å². The Morgan fingerprint density at radius 3 is 2.69 bits per heavy atom. The average Bonchev–Trinajstić information content (AvgIpc) is 3.05. The summed E-state index contributed by atoms with van der Waals surface area (Å²) < 4.78 is 5.84. The van der Waals surface area contributed by atoms with E-state index in [1.165, 1.54) is 0 Å². The molecule has 2 atom stereocenters. The zero-order valence-corrected chi connectivity index (χ0v) is 14.9. The van der Waals surface area contributed by atoms with Crippen LogP contribution in [0.1, 0.15) is 28.8 Å². The molecule has 1 aromatic carbocycles. The number of benzene rings is 1. The Hall–Kier alpha value is -2.40. The summed E-state index contributed by atoms with van der Waals surface area (Å²) in [6.45, 7) is 4.35. The first-order chi connectivity index (χ1) is 12.8. The first-order valence-corrected chi connectivity index (χ1v) is 9.41. The van der Waals surface area contributed by atoms with E-state index in [2.05, 4.69) is 10.3 Å². The third-order valence-electron chi connectivity index (χ3n) is 5.52. The summed E-state index contributed by atoms with van der Waals surface area (Å²) in [7, 11) is 0. The lowest BCUT2D eigenvalue weighted by molar-refractivity contribution is 0.0758. The zero-order valence-electron chi connectivity index (χ0n) is 14.9. The first-order valence-electron chi connectivity index (χ1n) is 9.41. The van der Waals surface area contributed by atoms with E-state index < -0.39 is 0 Å². The molecule has 0 bridgehead atoms. The Kier molecular flexibility index (Phi) is 5.16. The fraction of sp³-hybridized carbons (Fsp3) is 0.429.